The predicted molar refractivity (Wildman–Crippen MR) is 84.4 cm³/mol. The van der Waals surface area contributed by atoms with Gasteiger partial charge in [0.25, 0.3) is 0 Å². The molecule has 3 rings (SSSR count). The summed E-state index contributed by atoms with van der Waals surface area (Å²) in [6.45, 7) is 1.92. The molecule has 5 heteroatoms. The van der Waals surface area contributed by atoms with Gasteiger partial charge in [0.05, 0.1) is 16.8 Å². The van der Waals surface area contributed by atoms with Gasteiger partial charge in [-0.1, -0.05) is 15.9 Å². The molecule has 3 aromatic rings. The first kappa shape index (κ1) is 13.7. The minimum Gasteiger partial charge on any atom is -0.478 e. The molecule has 0 bridgehead atoms. The molecular weight excluding hydrogens is 332 g/mol. The van der Waals surface area contributed by atoms with Gasteiger partial charge in [0.1, 0.15) is 0 Å². The Balaban J connectivity index is 2.38. The van der Waals surface area contributed by atoms with E-state index in [1.54, 1.807) is 24.5 Å². The fourth-order valence-corrected chi connectivity index (χ4v) is 2.88. The van der Waals surface area contributed by atoms with Crippen molar-refractivity contribution in [1.29, 1.82) is 0 Å². The van der Waals surface area contributed by atoms with Crippen LogP contribution in [-0.2, 0) is 0 Å². The van der Waals surface area contributed by atoms with Crippen molar-refractivity contribution in [1.82, 2.24) is 9.97 Å². The largest absolute Gasteiger partial charge is 0.478 e. The SMILES string of the molecule is Cc1cc(Br)cc2c(C(=O)O)cc(-c3ccncc3)nc12. The van der Waals surface area contributed by atoms with Crippen LogP contribution in [0.2, 0.25) is 0 Å². The van der Waals surface area contributed by atoms with E-state index in [9.17, 15) is 9.90 Å². The van der Waals surface area contributed by atoms with Crippen molar-refractivity contribution in [2.24, 2.45) is 0 Å². The van der Waals surface area contributed by atoms with Crippen LogP contribution in [0.1, 0.15) is 15.9 Å². The van der Waals surface area contributed by atoms with Gasteiger partial charge in [-0.15, -0.1) is 0 Å². The highest BCUT2D eigenvalue weighted by atomic mass is 79.9. The van der Waals surface area contributed by atoms with Crippen LogP contribution in [0.5, 0.6) is 0 Å². The van der Waals surface area contributed by atoms with E-state index < -0.39 is 5.97 Å². The molecule has 0 amide bonds. The van der Waals surface area contributed by atoms with E-state index in [0.29, 0.717) is 16.6 Å². The summed E-state index contributed by atoms with van der Waals surface area (Å²) >= 11 is 3.40. The van der Waals surface area contributed by atoms with Crippen LogP contribution in [0.25, 0.3) is 22.2 Å². The molecule has 1 N–H and O–H groups in total. The highest BCUT2D eigenvalue weighted by molar-refractivity contribution is 9.10. The third-order valence-corrected chi connectivity index (χ3v) is 3.73. The number of pyridine rings is 2. The molecular formula is C16H11BrN2O2. The Morgan fingerprint density at radius 1 is 1.19 bits per heavy atom. The lowest BCUT2D eigenvalue weighted by Crippen LogP contribution is -2.01. The molecule has 0 spiro atoms. The normalized spacial score (nSPS) is 10.8. The zero-order chi connectivity index (χ0) is 15.0. The highest BCUT2D eigenvalue weighted by Crippen LogP contribution is 2.29. The maximum Gasteiger partial charge on any atom is 0.336 e. The van der Waals surface area contributed by atoms with Crippen molar-refractivity contribution in [3.63, 3.8) is 0 Å². The van der Waals surface area contributed by atoms with Gasteiger partial charge in [-0.25, -0.2) is 9.78 Å². The van der Waals surface area contributed by atoms with Crippen molar-refractivity contribution in [3.05, 3.63) is 58.3 Å². The fraction of sp³-hybridized carbons (Fsp3) is 0.0625. The smallest absolute Gasteiger partial charge is 0.336 e. The molecule has 2 heterocycles. The molecule has 0 unspecified atom stereocenters. The first-order valence-corrected chi connectivity index (χ1v) is 7.10. The third kappa shape index (κ3) is 2.52. The van der Waals surface area contributed by atoms with Crippen molar-refractivity contribution in [2.75, 3.05) is 0 Å². The van der Waals surface area contributed by atoms with Crippen LogP contribution in [-0.4, -0.2) is 21.0 Å². The summed E-state index contributed by atoms with van der Waals surface area (Å²) in [7, 11) is 0. The minimum absolute atomic E-state index is 0.246. The molecule has 104 valence electrons. The van der Waals surface area contributed by atoms with E-state index in [1.807, 2.05) is 25.1 Å². The average Bonchev–Trinajstić information content (AvgIpc) is 2.47. The molecule has 0 saturated carbocycles. The second-order valence-corrected chi connectivity index (χ2v) is 5.63. The first-order valence-electron chi connectivity index (χ1n) is 6.31. The van der Waals surface area contributed by atoms with Crippen LogP contribution in [0.15, 0.2) is 47.2 Å². The number of hydrogen-bond acceptors (Lipinski definition) is 3. The number of halogens is 1. The Morgan fingerprint density at radius 2 is 1.90 bits per heavy atom. The van der Waals surface area contributed by atoms with Crippen LogP contribution < -0.4 is 0 Å². The van der Waals surface area contributed by atoms with Crippen LogP contribution in [0.3, 0.4) is 0 Å². The lowest BCUT2D eigenvalue weighted by atomic mass is 10.0. The fourth-order valence-electron chi connectivity index (χ4n) is 2.30. The number of nitrogens with zero attached hydrogens (tertiary/aromatic N) is 2. The maximum absolute atomic E-state index is 11.6. The van der Waals surface area contributed by atoms with Gasteiger partial charge >= 0.3 is 5.97 Å². The summed E-state index contributed by atoms with van der Waals surface area (Å²) in [6, 6.07) is 8.94. The molecule has 1 aromatic carbocycles. The maximum atomic E-state index is 11.6. The molecule has 0 aliphatic heterocycles. The zero-order valence-corrected chi connectivity index (χ0v) is 12.8. The molecule has 0 aliphatic rings. The number of aromatic carboxylic acids is 1. The standard InChI is InChI=1S/C16H11BrN2O2/c1-9-6-11(17)7-12-13(16(20)21)8-14(19-15(9)12)10-2-4-18-5-3-10/h2-8H,1H3,(H,20,21). The Morgan fingerprint density at radius 3 is 2.57 bits per heavy atom. The second-order valence-electron chi connectivity index (χ2n) is 4.71. The Kier molecular flexibility index (Phi) is 3.43. The van der Waals surface area contributed by atoms with Crippen LogP contribution in [0.4, 0.5) is 0 Å². The Bertz CT molecular complexity index is 848. The summed E-state index contributed by atoms with van der Waals surface area (Å²) in [5.41, 5.74) is 3.35. The van der Waals surface area contributed by atoms with E-state index in [0.717, 1.165) is 15.6 Å². The molecule has 4 nitrogen and oxygen atoms in total. The summed E-state index contributed by atoms with van der Waals surface area (Å²) in [4.78, 5) is 20.2. The lowest BCUT2D eigenvalue weighted by Gasteiger charge is -2.09. The molecule has 0 saturated heterocycles. The van der Waals surface area contributed by atoms with Gasteiger partial charge in [0.15, 0.2) is 0 Å². The minimum atomic E-state index is -0.963. The molecule has 21 heavy (non-hydrogen) atoms. The first-order chi connectivity index (χ1) is 10.1. The Labute approximate surface area is 129 Å². The second kappa shape index (κ2) is 5.26. The van der Waals surface area contributed by atoms with Crippen LogP contribution >= 0.6 is 15.9 Å². The number of carboxylic acids is 1. The van der Waals surface area contributed by atoms with E-state index in [2.05, 4.69) is 25.9 Å². The number of hydrogen-bond donors (Lipinski definition) is 1. The number of benzene rings is 1. The predicted octanol–water partition coefficient (Wildman–Crippen LogP) is 4.07. The third-order valence-electron chi connectivity index (χ3n) is 3.28. The molecule has 0 fully saturated rings. The number of rotatable bonds is 2. The summed E-state index contributed by atoms with van der Waals surface area (Å²) in [5.74, 6) is -0.963. The summed E-state index contributed by atoms with van der Waals surface area (Å²) < 4.78 is 0.841. The highest BCUT2D eigenvalue weighted by Gasteiger charge is 2.14. The van der Waals surface area contributed by atoms with E-state index in [-0.39, 0.29) is 5.56 Å². The molecule has 0 radical (unpaired) electrons. The van der Waals surface area contributed by atoms with Gasteiger partial charge < -0.3 is 5.11 Å². The average molecular weight is 343 g/mol. The number of carboxylic acid groups (broad SMARTS) is 1. The van der Waals surface area contributed by atoms with Crippen molar-refractivity contribution < 1.29 is 9.90 Å². The van der Waals surface area contributed by atoms with Gasteiger partial charge in [-0.3, -0.25) is 4.98 Å². The molecule has 0 atom stereocenters. The number of aryl methyl sites for hydroxylation is 1. The lowest BCUT2D eigenvalue weighted by molar-refractivity contribution is 0.0699. The van der Waals surface area contributed by atoms with E-state index in [4.69, 9.17) is 0 Å². The van der Waals surface area contributed by atoms with Gasteiger partial charge in [0.2, 0.25) is 0 Å². The summed E-state index contributed by atoms with van der Waals surface area (Å²) in [6.07, 6.45) is 3.33. The van der Waals surface area contributed by atoms with Crippen molar-refractivity contribution >= 4 is 32.8 Å². The monoisotopic (exact) mass is 342 g/mol. The topological polar surface area (TPSA) is 63.1 Å². The molecule has 0 aliphatic carbocycles. The summed E-state index contributed by atoms with van der Waals surface area (Å²) in [5, 5.41) is 10.1. The number of aromatic nitrogens is 2. The number of fused-ring (bicyclic) bond motifs is 1. The van der Waals surface area contributed by atoms with Crippen molar-refractivity contribution in [3.8, 4) is 11.3 Å². The van der Waals surface area contributed by atoms with Gasteiger partial charge in [-0.05, 0) is 42.8 Å². The van der Waals surface area contributed by atoms with Gasteiger partial charge in [-0.2, -0.15) is 0 Å². The Hall–Kier alpha value is -2.27. The van der Waals surface area contributed by atoms with E-state index >= 15 is 0 Å². The number of carbonyl (C=O) groups is 1. The van der Waals surface area contributed by atoms with E-state index in [1.165, 1.54) is 0 Å². The van der Waals surface area contributed by atoms with Gasteiger partial charge in [0, 0.05) is 27.8 Å². The van der Waals surface area contributed by atoms with Crippen molar-refractivity contribution in [2.45, 2.75) is 6.92 Å². The quantitative estimate of drug-likeness (QED) is 0.762. The zero-order valence-electron chi connectivity index (χ0n) is 11.2. The van der Waals surface area contributed by atoms with Crippen LogP contribution in [0, 0.1) is 6.92 Å². The molecule has 2 aromatic heterocycles.